The highest BCUT2D eigenvalue weighted by molar-refractivity contribution is 8.18. The molecule has 1 N–H and O–H groups in total. The number of benzene rings is 1. The van der Waals surface area contributed by atoms with Gasteiger partial charge in [0, 0.05) is 31.2 Å². The topological polar surface area (TPSA) is 90.0 Å². The quantitative estimate of drug-likeness (QED) is 0.554. The van der Waals surface area contributed by atoms with Crippen molar-refractivity contribution >= 4 is 57.9 Å². The number of carbonyl (C=O) groups excluding carboxylic acids is 4. The number of halogens is 2. The van der Waals surface area contributed by atoms with E-state index < -0.39 is 11.1 Å². The molecule has 11 heteroatoms. The van der Waals surface area contributed by atoms with Crippen LogP contribution in [0, 0.1) is 0 Å². The van der Waals surface area contributed by atoms with Gasteiger partial charge in [0.2, 0.25) is 5.91 Å². The number of piperidine rings is 2. The highest BCUT2D eigenvalue weighted by atomic mass is 35.5. The normalized spacial score (nSPS) is 19.5. The molecule has 0 unspecified atom stereocenters. The van der Waals surface area contributed by atoms with Crippen molar-refractivity contribution in [2.45, 2.75) is 32.1 Å². The zero-order chi connectivity index (χ0) is 24.9. The van der Waals surface area contributed by atoms with Crippen LogP contribution in [0.4, 0.5) is 4.79 Å². The zero-order valence-electron chi connectivity index (χ0n) is 19.4. The SMILES string of the molecule is O=C(CN1C(=O)SC(=C2CCN(C(=O)c3cc(Cl)ccc3Cl)CC2)C1=O)NCCN1CCCCC1. The molecule has 3 fully saturated rings. The molecule has 0 atom stereocenters. The summed E-state index contributed by atoms with van der Waals surface area (Å²) in [5.74, 6) is -0.987. The Bertz CT molecular complexity index is 1050. The number of rotatable bonds is 6. The molecule has 1 aromatic rings. The smallest absolute Gasteiger partial charge is 0.294 e. The van der Waals surface area contributed by atoms with Crippen molar-refractivity contribution in [3.8, 4) is 0 Å². The van der Waals surface area contributed by atoms with Gasteiger partial charge in [-0.15, -0.1) is 0 Å². The van der Waals surface area contributed by atoms with Crippen LogP contribution in [0.1, 0.15) is 42.5 Å². The predicted molar refractivity (Wildman–Crippen MR) is 137 cm³/mol. The van der Waals surface area contributed by atoms with Gasteiger partial charge in [-0.05, 0) is 74.3 Å². The summed E-state index contributed by atoms with van der Waals surface area (Å²) in [5.41, 5.74) is 1.18. The molecule has 0 spiro atoms. The monoisotopic (exact) mass is 538 g/mol. The summed E-state index contributed by atoms with van der Waals surface area (Å²) in [6.07, 6.45) is 4.56. The number of imide groups is 1. The molecule has 8 nitrogen and oxygen atoms in total. The van der Waals surface area contributed by atoms with E-state index in [0.717, 1.165) is 41.9 Å². The first-order chi connectivity index (χ1) is 16.8. The van der Waals surface area contributed by atoms with Crippen LogP contribution in [0.3, 0.4) is 0 Å². The fourth-order valence-electron chi connectivity index (χ4n) is 4.53. The van der Waals surface area contributed by atoms with Gasteiger partial charge in [-0.2, -0.15) is 0 Å². The summed E-state index contributed by atoms with van der Waals surface area (Å²) in [6, 6.07) is 4.76. The highest BCUT2D eigenvalue weighted by Gasteiger charge is 2.39. The lowest BCUT2D eigenvalue weighted by Crippen LogP contribution is -2.43. The van der Waals surface area contributed by atoms with Gasteiger partial charge < -0.3 is 15.1 Å². The summed E-state index contributed by atoms with van der Waals surface area (Å²) < 4.78 is 0. The third kappa shape index (κ3) is 6.39. The van der Waals surface area contributed by atoms with E-state index in [-0.39, 0.29) is 18.4 Å². The van der Waals surface area contributed by atoms with Crippen molar-refractivity contribution < 1.29 is 19.2 Å². The summed E-state index contributed by atoms with van der Waals surface area (Å²) in [4.78, 5) is 56.0. The number of thioether (sulfide) groups is 1. The van der Waals surface area contributed by atoms with Gasteiger partial charge in [-0.3, -0.25) is 24.1 Å². The minimum atomic E-state index is -0.437. The minimum absolute atomic E-state index is 0.217. The molecule has 0 aliphatic carbocycles. The highest BCUT2D eigenvalue weighted by Crippen LogP contribution is 2.36. The fraction of sp³-hybridized carbons (Fsp3) is 0.500. The van der Waals surface area contributed by atoms with E-state index in [4.69, 9.17) is 23.2 Å². The van der Waals surface area contributed by atoms with Crippen LogP contribution in [0.25, 0.3) is 0 Å². The fourth-order valence-corrected chi connectivity index (χ4v) is 5.87. The molecule has 4 amide bonds. The van der Waals surface area contributed by atoms with Gasteiger partial charge in [-0.25, -0.2) is 0 Å². The van der Waals surface area contributed by atoms with E-state index in [1.54, 1.807) is 23.1 Å². The van der Waals surface area contributed by atoms with E-state index in [2.05, 4.69) is 10.2 Å². The van der Waals surface area contributed by atoms with Gasteiger partial charge in [0.05, 0.1) is 15.5 Å². The lowest BCUT2D eigenvalue weighted by atomic mass is 10.0. The Morgan fingerprint density at radius 3 is 2.43 bits per heavy atom. The Kier molecular flexibility index (Phi) is 8.75. The van der Waals surface area contributed by atoms with E-state index in [1.807, 2.05) is 0 Å². The molecule has 3 heterocycles. The molecule has 3 aliphatic heterocycles. The molecule has 3 saturated heterocycles. The van der Waals surface area contributed by atoms with Gasteiger partial charge >= 0.3 is 0 Å². The first kappa shape index (κ1) is 26.0. The average molecular weight is 539 g/mol. The van der Waals surface area contributed by atoms with Crippen LogP contribution in [0.5, 0.6) is 0 Å². The second-order valence-electron chi connectivity index (χ2n) is 8.86. The second kappa shape index (κ2) is 11.8. The maximum absolute atomic E-state index is 12.9. The summed E-state index contributed by atoms with van der Waals surface area (Å²) in [5, 5.41) is 3.15. The largest absolute Gasteiger partial charge is 0.353 e. The average Bonchev–Trinajstić information content (AvgIpc) is 3.14. The first-order valence-corrected chi connectivity index (χ1v) is 13.4. The lowest BCUT2D eigenvalue weighted by molar-refractivity contribution is -0.129. The maximum atomic E-state index is 12.9. The lowest BCUT2D eigenvalue weighted by Gasteiger charge is -2.29. The number of nitrogens with one attached hydrogen (secondary N) is 1. The number of carbonyl (C=O) groups is 4. The molecule has 0 aromatic heterocycles. The zero-order valence-corrected chi connectivity index (χ0v) is 21.7. The Morgan fingerprint density at radius 2 is 1.71 bits per heavy atom. The van der Waals surface area contributed by atoms with Crippen molar-refractivity contribution in [3.05, 3.63) is 44.3 Å². The third-order valence-electron chi connectivity index (χ3n) is 6.48. The number of amides is 4. The van der Waals surface area contributed by atoms with E-state index in [9.17, 15) is 19.2 Å². The molecule has 4 rings (SSSR count). The Morgan fingerprint density at radius 1 is 1.00 bits per heavy atom. The van der Waals surface area contributed by atoms with Crippen LogP contribution in [-0.4, -0.2) is 83.5 Å². The molecule has 3 aliphatic rings. The van der Waals surface area contributed by atoms with Gasteiger partial charge in [0.1, 0.15) is 6.54 Å². The molecule has 0 bridgehead atoms. The van der Waals surface area contributed by atoms with Crippen molar-refractivity contribution in [1.29, 1.82) is 0 Å². The van der Waals surface area contributed by atoms with E-state index in [0.29, 0.717) is 53.0 Å². The molecular weight excluding hydrogens is 511 g/mol. The van der Waals surface area contributed by atoms with Crippen LogP contribution >= 0.6 is 35.0 Å². The van der Waals surface area contributed by atoms with Crippen LogP contribution in [0.2, 0.25) is 10.0 Å². The van der Waals surface area contributed by atoms with Gasteiger partial charge in [0.25, 0.3) is 17.1 Å². The van der Waals surface area contributed by atoms with Crippen LogP contribution in [0.15, 0.2) is 28.7 Å². The second-order valence-corrected chi connectivity index (χ2v) is 10.7. The molecule has 0 saturated carbocycles. The molecule has 188 valence electrons. The standard InChI is InChI=1S/C24H28Cl2N4O4S/c25-17-4-5-19(26)18(14-17)22(32)29-11-6-16(7-12-29)21-23(33)30(24(34)35-21)15-20(31)27-8-13-28-9-2-1-3-10-28/h4-5,14H,1-3,6-13,15H2,(H,27,31). The Hall–Kier alpha value is -2.07. The van der Waals surface area contributed by atoms with Gasteiger partial charge in [0.15, 0.2) is 0 Å². The minimum Gasteiger partial charge on any atom is -0.353 e. The summed E-state index contributed by atoms with van der Waals surface area (Å²) >= 11 is 13.0. The molecule has 0 radical (unpaired) electrons. The number of likely N-dealkylation sites (tertiary alicyclic amines) is 2. The van der Waals surface area contributed by atoms with Crippen molar-refractivity contribution in [1.82, 2.24) is 20.0 Å². The number of hydrogen-bond donors (Lipinski definition) is 1. The third-order valence-corrected chi connectivity index (χ3v) is 8.11. The van der Waals surface area contributed by atoms with Crippen molar-refractivity contribution in [2.24, 2.45) is 0 Å². The van der Waals surface area contributed by atoms with E-state index in [1.165, 1.54) is 19.3 Å². The van der Waals surface area contributed by atoms with E-state index >= 15 is 0 Å². The summed E-state index contributed by atoms with van der Waals surface area (Å²) in [6.45, 7) is 3.88. The number of nitrogens with zero attached hydrogens (tertiary/aromatic N) is 3. The number of hydrogen-bond acceptors (Lipinski definition) is 6. The Balaban J connectivity index is 1.30. The van der Waals surface area contributed by atoms with Crippen molar-refractivity contribution in [3.63, 3.8) is 0 Å². The Labute approximate surface area is 218 Å². The summed E-state index contributed by atoms with van der Waals surface area (Å²) in [7, 11) is 0. The van der Waals surface area contributed by atoms with Gasteiger partial charge in [-0.1, -0.05) is 29.6 Å². The first-order valence-electron chi connectivity index (χ1n) is 11.8. The van der Waals surface area contributed by atoms with Crippen LogP contribution in [-0.2, 0) is 9.59 Å². The van der Waals surface area contributed by atoms with Crippen LogP contribution < -0.4 is 5.32 Å². The molecular formula is C24H28Cl2N4O4S. The maximum Gasteiger partial charge on any atom is 0.294 e. The molecule has 35 heavy (non-hydrogen) atoms. The van der Waals surface area contributed by atoms with Crippen molar-refractivity contribution in [2.75, 3.05) is 45.8 Å². The molecule has 1 aromatic carbocycles. The predicted octanol–water partition coefficient (Wildman–Crippen LogP) is 3.78.